The lowest BCUT2D eigenvalue weighted by Crippen LogP contribution is -2.36. The summed E-state index contributed by atoms with van der Waals surface area (Å²) < 4.78 is 26.4. The van der Waals surface area contributed by atoms with Crippen molar-refractivity contribution in [3.8, 4) is 0 Å². The molecule has 3 fully saturated rings. The second-order valence-electron chi connectivity index (χ2n) is 8.42. The van der Waals surface area contributed by atoms with Crippen LogP contribution in [0.5, 0.6) is 0 Å². The Balaban J connectivity index is 1.22. The summed E-state index contributed by atoms with van der Waals surface area (Å²) in [5, 5.41) is 0. The summed E-state index contributed by atoms with van der Waals surface area (Å²) in [6.45, 7) is 4.45. The smallest absolute Gasteiger partial charge is 0.222 e. The van der Waals surface area contributed by atoms with E-state index >= 15 is 0 Å². The van der Waals surface area contributed by atoms with Gasteiger partial charge in [-0.15, -0.1) is 0 Å². The molecule has 2 atom stereocenters. The van der Waals surface area contributed by atoms with Crippen molar-refractivity contribution < 1.29 is 13.6 Å². The molecule has 26 heavy (non-hydrogen) atoms. The summed E-state index contributed by atoms with van der Waals surface area (Å²) >= 11 is 0. The van der Waals surface area contributed by atoms with Gasteiger partial charge in [-0.3, -0.25) is 9.69 Å². The Morgan fingerprint density at radius 1 is 1.00 bits per heavy atom. The average molecular weight is 362 g/mol. The molecule has 2 aliphatic heterocycles. The van der Waals surface area contributed by atoms with Gasteiger partial charge in [0.05, 0.1) is 0 Å². The van der Waals surface area contributed by atoms with Crippen molar-refractivity contribution in [3.63, 3.8) is 0 Å². The summed E-state index contributed by atoms with van der Waals surface area (Å²) in [4.78, 5) is 17.0. The van der Waals surface area contributed by atoms with E-state index in [1.807, 2.05) is 0 Å². The first kappa shape index (κ1) is 17.9. The van der Waals surface area contributed by atoms with Gasteiger partial charge in [0.1, 0.15) is 0 Å². The molecule has 1 aromatic rings. The van der Waals surface area contributed by atoms with Crippen LogP contribution in [0.3, 0.4) is 0 Å². The van der Waals surface area contributed by atoms with E-state index in [0.717, 1.165) is 56.4 Å². The highest BCUT2D eigenvalue weighted by molar-refractivity contribution is 5.76. The second-order valence-corrected chi connectivity index (χ2v) is 8.42. The Hall–Kier alpha value is -1.49. The quantitative estimate of drug-likeness (QED) is 0.813. The van der Waals surface area contributed by atoms with Gasteiger partial charge in [0.2, 0.25) is 5.91 Å². The number of nitrogens with zero attached hydrogens (tertiary/aromatic N) is 2. The molecule has 1 aromatic carbocycles. The number of piperidine rings is 1. The SMILES string of the molecule is O=C(CC1CCN(Cc2ccc(F)c(F)c2)CC1)N1CC2CCCC2C1. The van der Waals surface area contributed by atoms with Gasteiger partial charge in [-0.25, -0.2) is 8.78 Å². The molecule has 4 rings (SSSR count). The summed E-state index contributed by atoms with van der Waals surface area (Å²) in [6, 6.07) is 4.13. The Kier molecular flexibility index (Phi) is 5.25. The molecule has 5 heteroatoms. The number of carbonyl (C=O) groups is 1. The van der Waals surface area contributed by atoms with Gasteiger partial charge >= 0.3 is 0 Å². The van der Waals surface area contributed by atoms with Gasteiger partial charge in [-0.05, 0) is 74.2 Å². The van der Waals surface area contributed by atoms with Crippen molar-refractivity contribution in [2.45, 2.75) is 45.1 Å². The number of fused-ring (bicyclic) bond motifs is 1. The van der Waals surface area contributed by atoms with Crippen LogP contribution >= 0.6 is 0 Å². The fourth-order valence-electron chi connectivity index (χ4n) is 5.06. The van der Waals surface area contributed by atoms with Gasteiger partial charge in [-0.2, -0.15) is 0 Å². The van der Waals surface area contributed by atoms with Gasteiger partial charge in [0.25, 0.3) is 0 Å². The molecular weight excluding hydrogens is 334 g/mol. The first-order chi connectivity index (χ1) is 12.6. The van der Waals surface area contributed by atoms with Crippen LogP contribution in [0.25, 0.3) is 0 Å². The second kappa shape index (κ2) is 7.63. The Bertz CT molecular complexity index is 645. The molecule has 2 unspecified atom stereocenters. The summed E-state index contributed by atoms with van der Waals surface area (Å²) in [5.41, 5.74) is 0.807. The third kappa shape index (κ3) is 3.93. The number of rotatable bonds is 4. The molecule has 1 amide bonds. The maximum atomic E-state index is 13.3. The number of halogens is 2. The van der Waals surface area contributed by atoms with E-state index in [4.69, 9.17) is 0 Å². The van der Waals surface area contributed by atoms with Crippen LogP contribution in [0.1, 0.15) is 44.1 Å². The standard InChI is InChI=1S/C21H28F2N2O/c22-19-5-4-16(10-20(19)23)12-24-8-6-15(7-9-24)11-21(26)25-13-17-2-1-3-18(17)14-25/h4-5,10,15,17-18H,1-3,6-9,11-14H2. The van der Waals surface area contributed by atoms with Crippen molar-refractivity contribution >= 4 is 5.91 Å². The van der Waals surface area contributed by atoms with Crippen LogP contribution in [-0.4, -0.2) is 41.9 Å². The lowest BCUT2D eigenvalue weighted by Gasteiger charge is -2.32. The third-order valence-electron chi connectivity index (χ3n) is 6.64. The molecule has 0 bridgehead atoms. The minimum Gasteiger partial charge on any atom is -0.342 e. The maximum Gasteiger partial charge on any atom is 0.222 e. The van der Waals surface area contributed by atoms with Crippen LogP contribution in [0, 0.1) is 29.4 Å². The molecule has 0 radical (unpaired) electrons. The first-order valence-electron chi connectivity index (χ1n) is 10.0. The lowest BCUT2D eigenvalue weighted by molar-refractivity contribution is -0.131. The normalized spacial score (nSPS) is 27.1. The molecule has 0 spiro atoms. The minimum absolute atomic E-state index is 0.346. The van der Waals surface area contributed by atoms with Gasteiger partial charge in [0.15, 0.2) is 11.6 Å². The molecule has 0 N–H and O–H groups in total. The Morgan fingerprint density at radius 2 is 1.69 bits per heavy atom. The lowest BCUT2D eigenvalue weighted by atomic mass is 9.92. The van der Waals surface area contributed by atoms with E-state index in [1.54, 1.807) is 6.07 Å². The van der Waals surface area contributed by atoms with Crippen molar-refractivity contribution in [1.82, 2.24) is 9.80 Å². The van der Waals surface area contributed by atoms with E-state index in [2.05, 4.69) is 9.80 Å². The van der Waals surface area contributed by atoms with Crippen LogP contribution in [0.15, 0.2) is 18.2 Å². The van der Waals surface area contributed by atoms with Gasteiger partial charge in [0, 0.05) is 26.1 Å². The molecule has 142 valence electrons. The maximum absolute atomic E-state index is 13.3. The van der Waals surface area contributed by atoms with Crippen molar-refractivity contribution in [1.29, 1.82) is 0 Å². The number of benzene rings is 1. The van der Waals surface area contributed by atoms with E-state index in [0.29, 0.717) is 24.8 Å². The van der Waals surface area contributed by atoms with Gasteiger partial charge < -0.3 is 4.90 Å². The topological polar surface area (TPSA) is 23.6 Å². The summed E-state index contributed by atoms with van der Waals surface area (Å²) in [7, 11) is 0. The molecular formula is C21H28F2N2O. The van der Waals surface area contributed by atoms with Crippen LogP contribution in [0.2, 0.25) is 0 Å². The fraction of sp³-hybridized carbons (Fsp3) is 0.667. The van der Waals surface area contributed by atoms with E-state index in [9.17, 15) is 13.6 Å². The average Bonchev–Trinajstić information content (AvgIpc) is 3.22. The van der Waals surface area contributed by atoms with E-state index < -0.39 is 11.6 Å². The number of hydrogen-bond donors (Lipinski definition) is 0. The number of carbonyl (C=O) groups excluding carboxylic acids is 1. The summed E-state index contributed by atoms with van der Waals surface area (Å²) in [5.74, 6) is 0.756. The predicted molar refractivity (Wildman–Crippen MR) is 96.4 cm³/mol. The minimum atomic E-state index is -0.794. The largest absolute Gasteiger partial charge is 0.342 e. The first-order valence-corrected chi connectivity index (χ1v) is 10.0. The molecule has 3 nitrogen and oxygen atoms in total. The fourth-order valence-corrected chi connectivity index (χ4v) is 5.06. The Morgan fingerprint density at radius 3 is 2.35 bits per heavy atom. The molecule has 2 heterocycles. The number of likely N-dealkylation sites (tertiary alicyclic amines) is 2. The zero-order valence-electron chi connectivity index (χ0n) is 15.3. The third-order valence-corrected chi connectivity index (χ3v) is 6.64. The van der Waals surface area contributed by atoms with Crippen LogP contribution < -0.4 is 0 Å². The van der Waals surface area contributed by atoms with Crippen LogP contribution in [0.4, 0.5) is 8.78 Å². The monoisotopic (exact) mass is 362 g/mol. The highest BCUT2D eigenvalue weighted by Gasteiger charge is 2.38. The summed E-state index contributed by atoms with van der Waals surface area (Å²) in [6.07, 6.45) is 6.64. The molecule has 1 saturated carbocycles. The predicted octanol–water partition coefficient (Wildman–Crippen LogP) is 3.83. The van der Waals surface area contributed by atoms with Crippen LogP contribution in [-0.2, 0) is 11.3 Å². The molecule has 2 saturated heterocycles. The molecule has 1 aliphatic carbocycles. The number of hydrogen-bond acceptors (Lipinski definition) is 2. The van der Waals surface area contributed by atoms with Crippen molar-refractivity contribution in [2.24, 2.45) is 17.8 Å². The van der Waals surface area contributed by atoms with E-state index in [1.165, 1.54) is 31.4 Å². The molecule has 0 aromatic heterocycles. The zero-order chi connectivity index (χ0) is 18.1. The highest BCUT2D eigenvalue weighted by Crippen LogP contribution is 2.38. The Labute approximate surface area is 154 Å². The zero-order valence-corrected chi connectivity index (χ0v) is 15.3. The number of amides is 1. The van der Waals surface area contributed by atoms with Gasteiger partial charge in [-0.1, -0.05) is 12.5 Å². The van der Waals surface area contributed by atoms with E-state index in [-0.39, 0.29) is 0 Å². The van der Waals surface area contributed by atoms with Crippen molar-refractivity contribution in [3.05, 3.63) is 35.4 Å². The molecule has 3 aliphatic rings. The van der Waals surface area contributed by atoms with Crippen molar-refractivity contribution in [2.75, 3.05) is 26.2 Å². The highest BCUT2D eigenvalue weighted by atomic mass is 19.2.